The molecule has 1 amide bonds. The average molecular weight is 275 g/mol. The number of anilines is 2. The van der Waals surface area contributed by atoms with Gasteiger partial charge in [-0.05, 0) is 26.0 Å². The summed E-state index contributed by atoms with van der Waals surface area (Å²) >= 11 is 0. The van der Waals surface area contributed by atoms with Crippen LogP contribution in [0.4, 0.5) is 16.2 Å². The van der Waals surface area contributed by atoms with Crippen molar-refractivity contribution in [2.24, 2.45) is 0 Å². The van der Waals surface area contributed by atoms with E-state index in [9.17, 15) is 9.18 Å². The first-order valence-electron chi connectivity index (χ1n) is 5.97. The summed E-state index contributed by atoms with van der Waals surface area (Å²) in [6.07, 6.45) is 1.35. The number of carbonyl (C=O) groups excluding carboxylic acids is 1. The van der Waals surface area contributed by atoms with Crippen molar-refractivity contribution < 1.29 is 9.18 Å². The number of amides is 1. The van der Waals surface area contributed by atoms with Crippen molar-refractivity contribution >= 4 is 17.7 Å². The number of hydrogen-bond donors (Lipinski definition) is 2. The zero-order chi connectivity index (χ0) is 14.7. The van der Waals surface area contributed by atoms with Crippen molar-refractivity contribution in [2.45, 2.75) is 13.8 Å². The van der Waals surface area contributed by atoms with E-state index < -0.39 is 11.7 Å². The second-order valence-corrected chi connectivity index (χ2v) is 4.20. The van der Waals surface area contributed by atoms with Crippen molar-refractivity contribution in [1.29, 1.82) is 0 Å². The smallest absolute Gasteiger partial charge is 0.261 e. The third-order valence-electron chi connectivity index (χ3n) is 2.58. The summed E-state index contributed by atoms with van der Waals surface area (Å²) in [7, 11) is 1.53. The van der Waals surface area contributed by atoms with Crippen molar-refractivity contribution in [3.63, 3.8) is 0 Å². The van der Waals surface area contributed by atoms with Gasteiger partial charge in [0.1, 0.15) is 0 Å². The Morgan fingerprint density at radius 2 is 1.90 bits per heavy atom. The Balaban J connectivity index is 2.28. The van der Waals surface area contributed by atoms with Gasteiger partial charge < -0.3 is 5.32 Å². The third-order valence-corrected chi connectivity index (χ3v) is 2.58. The van der Waals surface area contributed by atoms with E-state index in [1.54, 1.807) is 19.9 Å². The van der Waals surface area contributed by atoms with Crippen LogP contribution in [-0.2, 0) is 0 Å². The number of aromatic nitrogens is 3. The van der Waals surface area contributed by atoms with E-state index in [2.05, 4.69) is 25.6 Å². The van der Waals surface area contributed by atoms with E-state index in [0.717, 1.165) is 11.4 Å². The van der Waals surface area contributed by atoms with Crippen LogP contribution in [0.1, 0.15) is 21.7 Å². The summed E-state index contributed by atoms with van der Waals surface area (Å²) < 4.78 is 14.0. The number of nitrogens with one attached hydrogen (secondary N) is 2. The molecule has 0 radical (unpaired) electrons. The van der Waals surface area contributed by atoms with Crippen molar-refractivity contribution in [3.8, 4) is 0 Å². The molecule has 0 saturated carbocycles. The number of hydrogen-bond acceptors (Lipinski definition) is 5. The van der Waals surface area contributed by atoms with Crippen LogP contribution in [0.2, 0.25) is 0 Å². The summed E-state index contributed by atoms with van der Waals surface area (Å²) in [6, 6.07) is 3.08. The number of halogens is 1. The minimum Gasteiger partial charge on any atom is -0.371 e. The van der Waals surface area contributed by atoms with Crippen LogP contribution < -0.4 is 10.6 Å². The molecule has 0 aliphatic heterocycles. The molecule has 0 aliphatic carbocycles. The normalized spacial score (nSPS) is 10.2. The summed E-state index contributed by atoms with van der Waals surface area (Å²) in [5, 5.41) is 5.05. The first-order valence-corrected chi connectivity index (χ1v) is 5.97. The number of nitrogens with zero attached hydrogens (tertiary/aromatic N) is 3. The molecule has 0 atom stereocenters. The maximum absolute atomic E-state index is 14.0. The molecule has 2 aromatic rings. The Labute approximate surface area is 115 Å². The summed E-state index contributed by atoms with van der Waals surface area (Å²) in [4.78, 5) is 24.0. The summed E-state index contributed by atoms with van der Waals surface area (Å²) in [6.45, 7) is 3.58. The van der Waals surface area contributed by atoms with Crippen LogP contribution in [-0.4, -0.2) is 27.9 Å². The van der Waals surface area contributed by atoms with E-state index in [1.165, 1.54) is 19.3 Å². The standard InChI is InChI=1S/C13H14FN5O/c1-7-6-8(2)18-13(17-7)19-12(20)9-4-5-16-11(15-3)10(9)14/h4-6H,1-3H3,(H,15,16)(H,17,18,19,20). The Bertz CT molecular complexity index is 639. The van der Waals surface area contributed by atoms with Crippen LogP contribution in [0.3, 0.4) is 0 Å². The van der Waals surface area contributed by atoms with Gasteiger partial charge in [0.25, 0.3) is 5.91 Å². The van der Waals surface area contributed by atoms with Crippen molar-refractivity contribution in [3.05, 3.63) is 41.1 Å². The van der Waals surface area contributed by atoms with Gasteiger partial charge in [-0.1, -0.05) is 0 Å². The van der Waals surface area contributed by atoms with Gasteiger partial charge in [-0.25, -0.2) is 19.3 Å². The van der Waals surface area contributed by atoms with Gasteiger partial charge in [0.2, 0.25) is 5.95 Å². The lowest BCUT2D eigenvalue weighted by molar-refractivity contribution is 0.102. The topological polar surface area (TPSA) is 79.8 Å². The number of aryl methyl sites for hydroxylation is 2. The predicted octanol–water partition coefficient (Wildman–Crippen LogP) is 1.92. The molecule has 0 fully saturated rings. The van der Waals surface area contributed by atoms with Crippen LogP contribution >= 0.6 is 0 Å². The molecule has 0 aliphatic rings. The highest BCUT2D eigenvalue weighted by atomic mass is 19.1. The predicted molar refractivity (Wildman–Crippen MR) is 73.2 cm³/mol. The Morgan fingerprint density at radius 1 is 1.25 bits per heavy atom. The molecule has 20 heavy (non-hydrogen) atoms. The highest BCUT2D eigenvalue weighted by molar-refractivity contribution is 6.03. The molecular formula is C13H14FN5O. The first-order chi connectivity index (χ1) is 9.51. The Kier molecular flexibility index (Phi) is 3.88. The van der Waals surface area contributed by atoms with Gasteiger partial charge in [0, 0.05) is 24.6 Å². The molecule has 2 N–H and O–H groups in total. The molecule has 104 valence electrons. The SMILES string of the molecule is CNc1nccc(C(=O)Nc2nc(C)cc(C)n2)c1F. The van der Waals surface area contributed by atoms with Gasteiger partial charge in [0.15, 0.2) is 11.6 Å². The number of pyridine rings is 1. The molecule has 7 heteroatoms. The summed E-state index contributed by atoms with van der Waals surface area (Å²) in [5.41, 5.74) is 1.32. The highest BCUT2D eigenvalue weighted by Crippen LogP contribution is 2.15. The van der Waals surface area contributed by atoms with E-state index in [1.807, 2.05) is 0 Å². The highest BCUT2D eigenvalue weighted by Gasteiger charge is 2.16. The van der Waals surface area contributed by atoms with Gasteiger partial charge in [-0.15, -0.1) is 0 Å². The number of carbonyl (C=O) groups is 1. The molecule has 2 heterocycles. The largest absolute Gasteiger partial charge is 0.371 e. The van der Waals surface area contributed by atoms with Gasteiger partial charge in [-0.3, -0.25) is 10.1 Å². The van der Waals surface area contributed by atoms with Gasteiger partial charge in [0.05, 0.1) is 5.56 Å². The molecule has 0 aromatic carbocycles. The van der Waals surface area contributed by atoms with E-state index in [0.29, 0.717) is 0 Å². The monoisotopic (exact) mass is 275 g/mol. The van der Waals surface area contributed by atoms with Gasteiger partial charge in [-0.2, -0.15) is 0 Å². The lowest BCUT2D eigenvalue weighted by atomic mass is 10.2. The lowest BCUT2D eigenvalue weighted by Crippen LogP contribution is -2.17. The fourth-order valence-electron chi connectivity index (χ4n) is 1.74. The maximum atomic E-state index is 14.0. The lowest BCUT2D eigenvalue weighted by Gasteiger charge is -2.08. The quantitative estimate of drug-likeness (QED) is 0.894. The van der Waals surface area contributed by atoms with E-state index in [4.69, 9.17) is 0 Å². The zero-order valence-corrected chi connectivity index (χ0v) is 11.4. The molecular weight excluding hydrogens is 261 g/mol. The number of rotatable bonds is 3. The summed E-state index contributed by atoms with van der Waals surface area (Å²) in [5.74, 6) is -1.17. The second kappa shape index (κ2) is 5.60. The molecule has 2 rings (SSSR count). The van der Waals surface area contributed by atoms with Crippen molar-refractivity contribution in [2.75, 3.05) is 17.7 Å². The maximum Gasteiger partial charge on any atom is 0.261 e. The van der Waals surface area contributed by atoms with Crippen molar-refractivity contribution in [1.82, 2.24) is 15.0 Å². The van der Waals surface area contributed by atoms with Gasteiger partial charge >= 0.3 is 0 Å². The van der Waals surface area contributed by atoms with E-state index >= 15 is 0 Å². The second-order valence-electron chi connectivity index (χ2n) is 4.20. The molecule has 0 bridgehead atoms. The van der Waals surface area contributed by atoms with Crippen LogP contribution in [0.15, 0.2) is 18.3 Å². The van der Waals surface area contributed by atoms with Crippen LogP contribution in [0.25, 0.3) is 0 Å². The van der Waals surface area contributed by atoms with E-state index in [-0.39, 0.29) is 17.3 Å². The molecule has 0 saturated heterocycles. The van der Waals surface area contributed by atoms with Crippen LogP contribution in [0, 0.1) is 19.7 Å². The Morgan fingerprint density at radius 3 is 2.50 bits per heavy atom. The minimum absolute atomic E-state index is 0.0130. The molecule has 6 nitrogen and oxygen atoms in total. The molecule has 0 unspecified atom stereocenters. The first kappa shape index (κ1) is 13.9. The third kappa shape index (κ3) is 2.87. The minimum atomic E-state index is -0.711. The average Bonchev–Trinajstić information content (AvgIpc) is 2.37. The Hall–Kier alpha value is -2.57. The molecule has 0 spiro atoms. The fourth-order valence-corrected chi connectivity index (χ4v) is 1.74. The fraction of sp³-hybridized carbons (Fsp3) is 0.231. The molecule has 2 aromatic heterocycles. The zero-order valence-electron chi connectivity index (χ0n) is 11.4. The van der Waals surface area contributed by atoms with Crippen LogP contribution in [0.5, 0.6) is 0 Å².